The highest BCUT2D eigenvalue weighted by Crippen LogP contribution is 2.37. The van der Waals surface area contributed by atoms with Crippen LogP contribution in [-0.4, -0.2) is 5.78 Å². The number of hydrogen-bond acceptors (Lipinski definition) is 2. The highest BCUT2D eigenvalue weighted by Gasteiger charge is 2.29. The molecule has 1 heterocycles. The van der Waals surface area contributed by atoms with E-state index in [2.05, 4.69) is 15.9 Å². The molecule has 98 valence electrons. The van der Waals surface area contributed by atoms with Gasteiger partial charge in [0.15, 0.2) is 5.78 Å². The zero-order valence-corrected chi connectivity index (χ0v) is 12.6. The van der Waals surface area contributed by atoms with Crippen molar-refractivity contribution < 1.29 is 9.18 Å². The van der Waals surface area contributed by atoms with E-state index < -0.39 is 5.82 Å². The molecule has 0 aliphatic heterocycles. The smallest absolute Gasteiger partial charge is 0.173 e. The summed E-state index contributed by atoms with van der Waals surface area (Å²) in [6.07, 6.45) is 2.85. The van der Waals surface area contributed by atoms with Crippen LogP contribution < -0.4 is 0 Å². The first-order valence-electron chi connectivity index (χ1n) is 6.23. The van der Waals surface area contributed by atoms with Gasteiger partial charge in [0, 0.05) is 10.8 Å². The summed E-state index contributed by atoms with van der Waals surface area (Å²) in [6, 6.07) is 6.90. The molecule has 0 fully saturated rings. The number of thiophene rings is 1. The number of benzene rings is 1. The number of carbonyl (C=O) groups is 1. The van der Waals surface area contributed by atoms with Crippen molar-refractivity contribution in [2.24, 2.45) is 0 Å². The van der Waals surface area contributed by atoms with Gasteiger partial charge in [-0.1, -0.05) is 6.07 Å². The quantitative estimate of drug-likeness (QED) is 0.708. The molecule has 4 heteroatoms. The molecule has 1 aliphatic rings. The number of rotatable bonds is 2. The van der Waals surface area contributed by atoms with Crippen LogP contribution >= 0.6 is 27.3 Å². The van der Waals surface area contributed by atoms with Gasteiger partial charge in [-0.25, -0.2) is 4.39 Å². The molecule has 1 aromatic carbocycles. The molecule has 0 saturated carbocycles. The summed E-state index contributed by atoms with van der Waals surface area (Å²) in [6.45, 7) is 0. The first-order chi connectivity index (χ1) is 9.18. The van der Waals surface area contributed by atoms with Crippen LogP contribution in [0, 0.1) is 5.82 Å². The minimum Gasteiger partial charge on any atom is -0.293 e. The fraction of sp³-hybridized carbons (Fsp3) is 0.267. The molecule has 0 bridgehead atoms. The van der Waals surface area contributed by atoms with Crippen LogP contribution in [0.1, 0.15) is 39.6 Å². The molecule has 0 amide bonds. The van der Waals surface area contributed by atoms with E-state index in [1.165, 1.54) is 4.88 Å². The van der Waals surface area contributed by atoms with E-state index in [1.54, 1.807) is 29.5 Å². The monoisotopic (exact) mass is 338 g/mol. The Labute approximate surface area is 123 Å². The zero-order chi connectivity index (χ0) is 13.4. The number of Topliss-reactive ketones (excluding diaryl/α,β-unsaturated/α-hetero) is 1. The van der Waals surface area contributed by atoms with Gasteiger partial charge in [-0.15, -0.1) is 11.3 Å². The predicted octanol–water partition coefficient (Wildman–Crippen LogP) is 4.95. The molecule has 1 atom stereocenters. The van der Waals surface area contributed by atoms with E-state index in [-0.39, 0.29) is 17.3 Å². The molecule has 0 radical (unpaired) electrons. The topological polar surface area (TPSA) is 17.1 Å². The Kier molecular flexibility index (Phi) is 3.54. The highest BCUT2D eigenvalue weighted by molar-refractivity contribution is 9.10. The number of carbonyl (C=O) groups excluding carboxylic acids is 1. The summed E-state index contributed by atoms with van der Waals surface area (Å²) in [5.41, 5.74) is 1.29. The Morgan fingerprint density at radius 3 is 3.05 bits per heavy atom. The predicted molar refractivity (Wildman–Crippen MR) is 78.4 cm³/mol. The summed E-state index contributed by atoms with van der Waals surface area (Å²) in [7, 11) is 0. The van der Waals surface area contributed by atoms with Crippen LogP contribution in [0.4, 0.5) is 4.39 Å². The summed E-state index contributed by atoms with van der Waals surface area (Å²) in [4.78, 5) is 13.9. The van der Waals surface area contributed by atoms with Gasteiger partial charge < -0.3 is 0 Å². The van der Waals surface area contributed by atoms with Crippen LogP contribution in [0.25, 0.3) is 0 Å². The fourth-order valence-corrected chi connectivity index (χ4v) is 3.99. The fourth-order valence-electron chi connectivity index (χ4n) is 2.64. The second-order valence-corrected chi connectivity index (χ2v) is 6.56. The lowest BCUT2D eigenvalue weighted by atomic mass is 9.82. The minimum atomic E-state index is -0.449. The molecular weight excluding hydrogens is 327 g/mol. The molecule has 1 unspecified atom stereocenters. The first kappa shape index (κ1) is 13.0. The molecule has 1 aliphatic carbocycles. The van der Waals surface area contributed by atoms with E-state index in [4.69, 9.17) is 0 Å². The zero-order valence-electron chi connectivity index (χ0n) is 10.2. The van der Waals surface area contributed by atoms with Crippen LogP contribution in [-0.2, 0) is 6.42 Å². The Morgan fingerprint density at radius 1 is 1.37 bits per heavy atom. The molecule has 2 aromatic rings. The van der Waals surface area contributed by atoms with Gasteiger partial charge in [-0.2, -0.15) is 0 Å². The Morgan fingerprint density at radius 2 is 2.21 bits per heavy atom. The summed E-state index contributed by atoms with van der Waals surface area (Å²) in [5, 5.41) is 2.02. The number of fused-ring (bicyclic) bond motifs is 1. The maximum Gasteiger partial charge on any atom is 0.173 e. The lowest BCUT2D eigenvalue weighted by molar-refractivity contribution is 0.0947. The second kappa shape index (κ2) is 5.17. The van der Waals surface area contributed by atoms with Crippen molar-refractivity contribution in [1.29, 1.82) is 0 Å². The standard InChI is InChI=1S/C15H12BrFOS/c16-12-5-1-4-11(14(12)17)15(18)10-3-2-6-13-9(10)7-8-19-13/h1,4-5,7-8,10H,2-3,6H2. The maximum absolute atomic E-state index is 14.0. The molecule has 0 N–H and O–H groups in total. The maximum atomic E-state index is 14.0. The summed E-state index contributed by atoms with van der Waals surface area (Å²) < 4.78 is 14.4. The van der Waals surface area contributed by atoms with Gasteiger partial charge in [0.1, 0.15) is 5.82 Å². The van der Waals surface area contributed by atoms with Crippen molar-refractivity contribution in [2.75, 3.05) is 0 Å². The highest BCUT2D eigenvalue weighted by atomic mass is 79.9. The van der Waals surface area contributed by atoms with Gasteiger partial charge in [0.25, 0.3) is 0 Å². The second-order valence-electron chi connectivity index (χ2n) is 4.71. The van der Waals surface area contributed by atoms with Crippen LogP contribution in [0.15, 0.2) is 34.1 Å². The van der Waals surface area contributed by atoms with E-state index in [0.717, 1.165) is 24.8 Å². The van der Waals surface area contributed by atoms with E-state index in [0.29, 0.717) is 4.47 Å². The molecule has 0 saturated heterocycles. The Hall–Kier alpha value is -1.00. The Bertz CT molecular complexity index is 635. The summed E-state index contributed by atoms with van der Waals surface area (Å²) in [5.74, 6) is -0.730. The normalized spacial score (nSPS) is 18.1. The molecule has 3 rings (SSSR count). The molecular formula is C15H12BrFOS. The van der Waals surface area contributed by atoms with Crippen molar-refractivity contribution in [3.8, 4) is 0 Å². The molecule has 0 spiro atoms. The van der Waals surface area contributed by atoms with Gasteiger partial charge in [0.05, 0.1) is 10.0 Å². The van der Waals surface area contributed by atoms with E-state index >= 15 is 0 Å². The third-order valence-corrected chi connectivity index (χ3v) is 5.19. The van der Waals surface area contributed by atoms with Crippen molar-refractivity contribution in [3.05, 3.63) is 55.9 Å². The van der Waals surface area contributed by atoms with Crippen molar-refractivity contribution >= 4 is 33.0 Å². The average Bonchev–Trinajstić information content (AvgIpc) is 2.89. The van der Waals surface area contributed by atoms with Crippen molar-refractivity contribution in [3.63, 3.8) is 0 Å². The lowest BCUT2D eigenvalue weighted by Crippen LogP contribution is -2.18. The van der Waals surface area contributed by atoms with Crippen molar-refractivity contribution in [2.45, 2.75) is 25.2 Å². The lowest BCUT2D eigenvalue weighted by Gasteiger charge is -2.21. The van der Waals surface area contributed by atoms with E-state index in [9.17, 15) is 9.18 Å². The largest absolute Gasteiger partial charge is 0.293 e. The summed E-state index contributed by atoms with van der Waals surface area (Å²) >= 11 is 4.83. The van der Waals surface area contributed by atoms with Crippen LogP contribution in [0.3, 0.4) is 0 Å². The average molecular weight is 339 g/mol. The number of halogens is 2. The number of hydrogen-bond donors (Lipinski definition) is 0. The van der Waals surface area contributed by atoms with Crippen molar-refractivity contribution in [1.82, 2.24) is 0 Å². The van der Waals surface area contributed by atoms with Crippen LogP contribution in [0.2, 0.25) is 0 Å². The van der Waals surface area contributed by atoms with Gasteiger partial charge in [0.2, 0.25) is 0 Å². The molecule has 19 heavy (non-hydrogen) atoms. The first-order valence-corrected chi connectivity index (χ1v) is 7.90. The third kappa shape index (κ3) is 2.28. The number of aryl methyl sites for hydroxylation is 1. The number of ketones is 1. The minimum absolute atomic E-state index is 0.0989. The molecule has 1 aromatic heterocycles. The Balaban J connectivity index is 2.00. The SMILES string of the molecule is O=C(c1cccc(Br)c1F)C1CCCc2sccc21. The van der Waals surface area contributed by atoms with E-state index in [1.807, 2.05) is 11.4 Å². The van der Waals surface area contributed by atoms with Crippen LogP contribution in [0.5, 0.6) is 0 Å². The van der Waals surface area contributed by atoms with Gasteiger partial charge in [-0.05, 0) is 64.3 Å². The third-order valence-electron chi connectivity index (χ3n) is 3.59. The van der Waals surface area contributed by atoms with Gasteiger partial charge in [-0.3, -0.25) is 4.79 Å². The molecule has 1 nitrogen and oxygen atoms in total. The van der Waals surface area contributed by atoms with Gasteiger partial charge >= 0.3 is 0 Å².